The molecule has 2 rings (SSSR count). The molecule has 2 N–H and O–H groups in total. The van der Waals surface area contributed by atoms with Gasteiger partial charge in [0.25, 0.3) is 0 Å². The van der Waals surface area contributed by atoms with Gasteiger partial charge in [-0.05, 0) is 69.7 Å². The van der Waals surface area contributed by atoms with Crippen molar-refractivity contribution in [2.24, 2.45) is 0 Å². The first-order valence-corrected chi connectivity index (χ1v) is 7.51. The zero-order valence-electron chi connectivity index (χ0n) is 13.2. The molecule has 106 valence electrons. The van der Waals surface area contributed by atoms with Gasteiger partial charge in [0.15, 0.2) is 0 Å². The van der Waals surface area contributed by atoms with Gasteiger partial charge >= 0.3 is 0 Å². The zero-order valence-corrected chi connectivity index (χ0v) is 13.2. The average molecular weight is 260 g/mol. The molecule has 19 heavy (non-hydrogen) atoms. The lowest BCUT2D eigenvalue weighted by molar-refractivity contribution is 0.453. The van der Waals surface area contributed by atoms with E-state index in [1.807, 2.05) is 0 Å². The van der Waals surface area contributed by atoms with Crippen LogP contribution in [-0.4, -0.2) is 11.6 Å². The summed E-state index contributed by atoms with van der Waals surface area (Å²) in [6.45, 7) is 13.6. The number of nitrogens with one attached hydrogen (secondary N) is 2. The standard InChI is InChI=1S/C17H28N2/c1-7-13(4)18-14-8-11(2)16-15(9-14)12(3)10-17(5,6)19-16/h8-9,12-13,18-19H,7,10H2,1-6H3. The third kappa shape index (κ3) is 3.05. The van der Waals surface area contributed by atoms with E-state index in [1.165, 1.54) is 28.9 Å². The van der Waals surface area contributed by atoms with Crippen molar-refractivity contribution >= 4 is 11.4 Å². The molecule has 2 unspecified atom stereocenters. The lowest BCUT2D eigenvalue weighted by Crippen LogP contribution is -2.37. The first-order valence-electron chi connectivity index (χ1n) is 7.51. The Labute approximate surface area is 118 Å². The molecule has 2 nitrogen and oxygen atoms in total. The van der Waals surface area contributed by atoms with Gasteiger partial charge in [-0.25, -0.2) is 0 Å². The van der Waals surface area contributed by atoms with Crippen LogP contribution >= 0.6 is 0 Å². The molecule has 0 aliphatic carbocycles. The third-order valence-corrected chi connectivity index (χ3v) is 4.20. The minimum Gasteiger partial charge on any atom is -0.383 e. The van der Waals surface area contributed by atoms with Gasteiger partial charge in [0.1, 0.15) is 0 Å². The fourth-order valence-electron chi connectivity index (χ4n) is 3.11. The van der Waals surface area contributed by atoms with Crippen LogP contribution in [0.1, 0.15) is 64.5 Å². The number of aryl methyl sites for hydroxylation is 1. The molecule has 0 spiro atoms. The summed E-state index contributed by atoms with van der Waals surface area (Å²) in [5.41, 5.74) is 5.62. The van der Waals surface area contributed by atoms with Crippen LogP contribution in [0.15, 0.2) is 12.1 Å². The summed E-state index contributed by atoms with van der Waals surface area (Å²) in [4.78, 5) is 0. The molecule has 1 aliphatic rings. The number of benzene rings is 1. The summed E-state index contributed by atoms with van der Waals surface area (Å²) in [5.74, 6) is 0.614. The summed E-state index contributed by atoms with van der Waals surface area (Å²) in [7, 11) is 0. The average Bonchev–Trinajstić information content (AvgIpc) is 2.30. The second-order valence-corrected chi connectivity index (χ2v) is 6.83. The molecule has 0 saturated heterocycles. The number of fused-ring (bicyclic) bond motifs is 1. The minimum atomic E-state index is 0.197. The van der Waals surface area contributed by atoms with Crippen LogP contribution in [0.2, 0.25) is 0 Å². The second-order valence-electron chi connectivity index (χ2n) is 6.83. The normalized spacial score (nSPS) is 22.3. The molecule has 1 heterocycles. The van der Waals surface area contributed by atoms with Gasteiger partial charge < -0.3 is 10.6 Å². The van der Waals surface area contributed by atoms with Crippen molar-refractivity contribution in [3.05, 3.63) is 23.3 Å². The highest BCUT2D eigenvalue weighted by molar-refractivity contribution is 5.68. The fraction of sp³-hybridized carbons (Fsp3) is 0.647. The highest BCUT2D eigenvalue weighted by atomic mass is 15.0. The van der Waals surface area contributed by atoms with E-state index in [0.29, 0.717) is 12.0 Å². The van der Waals surface area contributed by atoms with E-state index in [4.69, 9.17) is 0 Å². The number of hydrogen-bond acceptors (Lipinski definition) is 2. The van der Waals surface area contributed by atoms with Crippen LogP contribution in [0.5, 0.6) is 0 Å². The predicted octanol–water partition coefficient (Wildman–Crippen LogP) is 4.90. The van der Waals surface area contributed by atoms with Crippen molar-refractivity contribution in [2.75, 3.05) is 10.6 Å². The molecule has 0 amide bonds. The van der Waals surface area contributed by atoms with Gasteiger partial charge in [0.2, 0.25) is 0 Å². The fourth-order valence-corrected chi connectivity index (χ4v) is 3.11. The third-order valence-electron chi connectivity index (χ3n) is 4.20. The Hall–Kier alpha value is -1.18. The van der Waals surface area contributed by atoms with E-state index in [9.17, 15) is 0 Å². The molecular formula is C17H28N2. The Balaban J connectivity index is 2.36. The van der Waals surface area contributed by atoms with Crippen molar-refractivity contribution < 1.29 is 0 Å². The number of anilines is 2. The van der Waals surface area contributed by atoms with Crippen LogP contribution < -0.4 is 10.6 Å². The van der Waals surface area contributed by atoms with E-state index >= 15 is 0 Å². The van der Waals surface area contributed by atoms with Crippen molar-refractivity contribution in [3.8, 4) is 0 Å². The summed E-state index contributed by atoms with van der Waals surface area (Å²) >= 11 is 0. The van der Waals surface area contributed by atoms with Gasteiger partial charge in [-0.1, -0.05) is 13.8 Å². The van der Waals surface area contributed by atoms with Crippen LogP contribution in [0.25, 0.3) is 0 Å². The summed E-state index contributed by atoms with van der Waals surface area (Å²) in [6, 6.07) is 5.13. The van der Waals surface area contributed by atoms with Crippen molar-refractivity contribution in [2.45, 2.75) is 71.9 Å². The SMILES string of the molecule is CCC(C)Nc1cc(C)c2c(c1)C(C)CC(C)(C)N2. The Morgan fingerprint density at radius 1 is 1.42 bits per heavy atom. The van der Waals surface area contributed by atoms with Gasteiger partial charge in [0.05, 0.1) is 0 Å². The molecule has 0 saturated carbocycles. The smallest absolute Gasteiger partial charge is 0.0410 e. The van der Waals surface area contributed by atoms with Gasteiger partial charge in [0, 0.05) is 23.0 Å². The van der Waals surface area contributed by atoms with E-state index in [0.717, 1.165) is 6.42 Å². The molecule has 2 heteroatoms. The van der Waals surface area contributed by atoms with Gasteiger partial charge in [-0.3, -0.25) is 0 Å². The summed E-state index contributed by atoms with van der Waals surface area (Å²) < 4.78 is 0. The monoisotopic (exact) mass is 260 g/mol. The van der Waals surface area contributed by atoms with Crippen LogP contribution in [-0.2, 0) is 0 Å². The first-order chi connectivity index (χ1) is 8.82. The quantitative estimate of drug-likeness (QED) is 0.807. The summed E-state index contributed by atoms with van der Waals surface area (Å²) in [5, 5.41) is 7.30. The minimum absolute atomic E-state index is 0.197. The number of hydrogen-bond donors (Lipinski definition) is 2. The Bertz CT molecular complexity index is 463. The number of rotatable bonds is 3. The van der Waals surface area contributed by atoms with Crippen LogP contribution in [0.4, 0.5) is 11.4 Å². The maximum absolute atomic E-state index is 3.70. The maximum atomic E-state index is 3.70. The maximum Gasteiger partial charge on any atom is 0.0410 e. The molecule has 0 radical (unpaired) electrons. The van der Waals surface area contributed by atoms with Crippen molar-refractivity contribution in [1.29, 1.82) is 0 Å². The second kappa shape index (κ2) is 5.07. The van der Waals surface area contributed by atoms with Crippen LogP contribution in [0.3, 0.4) is 0 Å². The predicted molar refractivity (Wildman–Crippen MR) is 85.3 cm³/mol. The molecule has 1 aromatic rings. The molecule has 0 bridgehead atoms. The molecule has 0 fully saturated rings. The van der Waals surface area contributed by atoms with E-state index in [-0.39, 0.29) is 5.54 Å². The summed E-state index contributed by atoms with van der Waals surface area (Å²) in [6.07, 6.45) is 2.34. The van der Waals surface area contributed by atoms with Crippen molar-refractivity contribution in [3.63, 3.8) is 0 Å². The van der Waals surface area contributed by atoms with Crippen molar-refractivity contribution in [1.82, 2.24) is 0 Å². The topological polar surface area (TPSA) is 24.1 Å². The molecular weight excluding hydrogens is 232 g/mol. The van der Waals surface area contributed by atoms with E-state index in [1.54, 1.807) is 0 Å². The zero-order chi connectivity index (χ0) is 14.2. The Morgan fingerprint density at radius 2 is 2.11 bits per heavy atom. The van der Waals surface area contributed by atoms with Gasteiger partial charge in [-0.15, -0.1) is 0 Å². The molecule has 2 atom stereocenters. The largest absolute Gasteiger partial charge is 0.383 e. The molecule has 1 aromatic carbocycles. The lowest BCUT2D eigenvalue weighted by atomic mass is 9.81. The highest BCUT2D eigenvalue weighted by Crippen LogP contribution is 2.41. The van der Waals surface area contributed by atoms with E-state index < -0.39 is 0 Å². The lowest BCUT2D eigenvalue weighted by Gasteiger charge is -2.39. The van der Waals surface area contributed by atoms with Crippen LogP contribution in [0, 0.1) is 6.92 Å². The Morgan fingerprint density at radius 3 is 2.74 bits per heavy atom. The molecule has 0 aromatic heterocycles. The molecule has 1 aliphatic heterocycles. The highest BCUT2D eigenvalue weighted by Gasteiger charge is 2.30. The Kier molecular flexibility index (Phi) is 3.80. The first kappa shape index (κ1) is 14.2. The van der Waals surface area contributed by atoms with Gasteiger partial charge in [-0.2, -0.15) is 0 Å². The van der Waals surface area contributed by atoms with E-state index in [2.05, 4.69) is 64.3 Å².